The summed E-state index contributed by atoms with van der Waals surface area (Å²) in [6.45, 7) is -0.105. The summed E-state index contributed by atoms with van der Waals surface area (Å²) < 4.78 is 59.0. The maximum Gasteiger partial charge on any atom is 0.511 e. The van der Waals surface area contributed by atoms with Gasteiger partial charge in [0.25, 0.3) is 0 Å². The number of rotatable bonds is 2. The Balaban J connectivity index is 2.20. The van der Waals surface area contributed by atoms with Gasteiger partial charge in [0.15, 0.2) is 0 Å². The second-order valence-corrected chi connectivity index (χ2v) is 5.33. The lowest BCUT2D eigenvalue weighted by Crippen LogP contribution is -2.29. The summed E-state index contributed by atoms with van der Waals surface area (Å²) in [5.41, 5.74) is -4.63. The summed E-state index contributed by atoms with van der Waals surface area (Å²) in [6, 6.07) is 7.58. The minimum atomic E-state index is -5.21. The standard InChI is InChI=1S/C9H8F3NO2S/c10-9(11,12)16(14,15)13-6-8(13)7-4-2-1-3-5-7/h1-5,8H,6H2/t8-,13?/m0/s1. The van der Waals surface area contributed by atoms with Crippen LogP contribution in [0.2, 0.25) is 0 Å². The Hall–Kier alpha value is -1.08. The van der Waals surface area contributed by atoms with E-state index in [9.17, 15) is 21.6 Å². The molecule has 1 aromatic rings. The zero-order valence-corrected chi connectivity index (χ0v) is 8.79. The molecule has 88 valence electrons. The highest BCUT2D eigenvalue weighted by molar-refractivity contribution is 7.90. The van der Waals surface area contributed by atoms with E-state index >= 15 is 0 Å². The van der Waals surface area contributed by atoms with Gasteiger partial charge in [-0.1, -0.05) is 30.3 Å². The monoisotopic (exact) mass is 251 g/mol. The van der Waals surface area contributed by atoms with E-state index in [1.807, 2.05) is 0 Å². The van der Waals surface area contributed by atoms with Crippen molar-refractivity contribution in [3.63, 3.8) is 0 Å². The lowest BCUT2D eigenvalue weighted by Gasteiger charge is -2.08. The zero-order chi connectivity index (χ0) is 12.0. The van der Waals surface area contributed by atoms with Crippen LogP contribution in [0.4, 0.5) is 13.2 Å². The van der Waals surface area contributed by atoms with Crippen LogP contribution in [0.15, 0.2) is 30.3 Å². The molecule has 2 atom stereocenters. The van der Waals surface area contributed by atoms with Crippen LogP contribution in [-0.2, 0) is 10.0 Å². The van der Waals surface area contributed by atoms with Crippen LogP contribution < -0.4 is 0 Å². The molecule has 0 saturated carbocycles. The van der Waals surface area contributed by atoms with E-state index in [0.29, 0.717) is 9.87 Å². The number of hydrogen-bond donors (Lipinski definition) is 0. The number of alkyl halides is 3. The van der Waals surface area contributed by atoms with Crippen molar-refractivity contribution in [2.45, 2.75) is 11.6 Å². The molecule has 1 aromatic carbocycles. The van der Waals surface area contributed by atoms with E-state index in [2.05, 4.69) is 0 Å². The van der Waals surface area contributed by atoms with Gasteiger partial charge >= 0.3 is 15.5 Å². The molecule has 0 N–H and O–H groups in total. The smallest absolute Gasteiger partial charge is 0.203 e. The van der Waals surface area contributed by atoms with E-state index < -0.39 is 21.6 Å². The fourth-order valence-corrected chi connectivity index (χ4v) is 2.53. The fourth-order valence-electron chi connectivity index (χ4n) is 1.47. The Morgan fingerprint density at radius 2 is 1.75 bits per heavy atom. The topological polar surface area (TPSA) is 37.1 Å². The van der Waals surface area contributed by atoms with Crippen LogP contribution in [0.1, 0.15) is 11.6 Å². The SMILES string of the molecule is O=S(=O)(N1C[C@H]1c1ccccc1)C(F)(F)F. The van der Waals surface area contributed by atoms with Crippen molar-refractivity contribution in [3.8, 4) is 0 Å². The van der Waals surface area contributed by atoms with Gasteiger partial charge in [-0.25, -0.2) is 8.42 Å². The van der Waals surface area contributed by atoms with E-state index in [1.165, 1.54) is 0 Å². The quantitative estimate of drug-likeness (QED) is 0.753. The molecule has 0 radical (unpaired) electrons. The Bertz CT molecular complexity index is 483. The van der Waals surface area contributed by atoms with Crippen LogP contribution in [0, 0.1) is 0 Å². The molecule has 1 saturated heterocycles. The molecule has 2 rings (SSSR count). The third kappa shape index (κ3) is 1.80. The average molecular weight is 251 g/mol. The highest BCUT2D eigenvalue weighted by Gasteiger charge is 2.58. The van der Waals surface area contributed by atoms with Crippen molar-refractivity contribution in [2.24, 2.45) is 0 Å². The van der Waals surface area contributed by atoms with Crippen LogP contribution in [0.25, 0.3) is 0 Å². The maximum atomic E-state index is 12.2. The lowest BCUT2D eigenvalue weighted by atomic mass is 10.2. The normalized spacial score (nSPS) is 25.4. The minimum absolute atomic E-state index is 0.105. The van der Waals surface area contributed by atoms with Crippen molar-refractivity contribution < 1.29 is 21.6 Å². The van der Waals surface area contributed by atoms with Gasteiger partial charge in [0.2, 0.25) is 0 Å². The van der Waals surface area contributed by atoms with Gasteiger partial charge in [-0.3, -0.25) is 0 Å². The molecule has 0 amide bonds. The molecule has 3 nitrogen and oxygen atoms in total. The van der Waals surface area contributed by atoms with Gasteiger partial charge in [-0.2, -0.15) is 17.5 Å². The molecule has 1 aliphatic rings. The Kier molecular flexibility index (Phi) is 2.47. The summed E-state index contributed by atoms with van der Waals surface area (Å²) >= 11 is 0. The molecule has 0 bridgehead atoms. The van der Waals surface area contributed by atoms with Crippen molar-refractivity contribution >= 4 is 10.0 Å². The van der Waals surface area contributed by atoms with Gasteiger partial charge in [0, 0.05) is 6.54 Å². The second kappa shape index (κ2) is 3.46. The Labute approximate surface area is 90.5 Å². The van der Waals surface area contributed by atoms with Crippen molar-refractivity contribution in [1.29, 1.82) is 0 Å². The van der Waals surface area contributed by atoms with Crippen LogP contribution >= 0.6 is 0 Å². The second-order valence-electron chi connectivity index (χ2n) is 3.45. The molecule has 1 fully saturated rings. The van der Waals surface area contributed by atoms with Crippen LogP contribution in [-0.4, -0.2) is 24.8 Å². The van der Waals surface area contributed by atoms with E-state index in [0.717, 1.165) is 0 Å². The van der Waals surface area contributed by atoms with Crippen LogP contribution in [0.5, 0.6) is 0 Å². The molecule has 0 aromatic heterocycles. The Morgan fingerprint density at radius 3 is 2.25 bits per heavy atom. The summed E-state index contributed by atoms with van der Waals surface area (Å²) in [6.07, 6.45) is 0. The lowest BCUT2D eigenvalue weighted by molar-refractivity contribution is -0.0467. The Morgan fingerprint density at radius 1 is 1.19 bits per heavy atom. The first kappa shape index (κ1) is 11.4. The molecule has 7 heteroatoms. The van der Waals surface area contributed by atoms with Gasteiger partial charge in [0.1, 0.15) is 0 Å². The summed E-state index contributed by atoms with van der Waals surface area (Å²) in [5.74, 6) is 0. The van der Waals surface area contributed by atoms with Gasteiger partial charge in [-0.15, -0.1) is 0 Å². The summed E-state index contributed by atoms with van der Waals surface area (Å²) in [7, 11) is -5.17. The van der Waals surface area contributed by atoms with Gasteiger partial charge in [0.05, 0.1) is 6.04 Å². The zero-order valence-electron chi connectivity index (χ0n) is 7.98. The predicted molar refractivity (Wildman–Crippen MR) is 50.9 cm³/mol. The predicted octanol–water partition coefficient (Wildman–Crippen LogP) is 1.89. The number of nitrogens with zero attached hydrogens (tertiary/aromatic N) is 1. The van der Waals surface area contributed by atoms with Gasteiger partial charge in [-0.05, 0) is 5.56 Å². The third-order valence-corrected chi connectivity index (χ3v) is 3.96. The molecule has 0 spiro atoms. The van der Waals surface area contributed by atoms with E-state index in [1.54, 1.807) is 30.3 Å². The molecule has 1 heterocycles. The number of halogens is 3. The fraction of sp³-hybridized carbons (Fsp3) is 0.333. The van der Waals surface area contributed by atoms with Gasteiger partial charge < -0.3 is 0 Å². The summed E-state index contributed by atoms with van der Waals surface area (Å²) in [4.78, 5) is 0. The van der Waals surface area contributed by atoms with E-state index in [4.69, 9.17) is 0 Å². The van der Waals surface area contributed by atoms with Crippen molar-refractivity contribution in [1.82, 2.24) is 4.31 Å². The molecule has 1 unspecified atom stereocenters. The molecule has 1 aliphatic heterocycles. The van der Waals surface area contributed by atoms with Crippen molar-refractivity contribution in [3.05, 3.63) is 35.9 Å². The first-order valence-electron chi connectivity index (χ1n) is 4.47. The molecule has 0 aliphatic carbocycles. The molecular weight excluding hydrogens is 243 g/mol. The maximum absolute atomic E-state index is 12.2. The highest BCUT2D eigenvalue weighted by Crippen LogP contribution is 2.43. The average Bonchev–Trinajstić information content (AvgIpc) is 2.97. The molecular formula is C9H8F3NO2S. The number of sulfonamides is 1. The van der Waals surface area contributed by atoms with E-state index in [-0.39, 0.29) is 6.54 Å². The number of hydrogen-bond acceptors (Lipinski definition) is 2. The first-order valence-corrected chi connectivity index (χ1v) is 5.91. The minimum Gasteiger partial charge on any atom is -0.203 e. The summed E-state index contributed by atoms with van der Waals surface area (Å²) in [5, 5.41) is 0. The molecule has 16 heavy (non-hydrogen) atoms. The number of benzene rings is 1. The largest absolute Gasteiger partial charge is 0.511 e. The van der Waals surface area contributed by atoms with Crippen LogP contribution in [0.3, 0.4) is 0 Å². The van der Waals surface area contributed by atoms with Crippen molar-refractivity contribution in [2.75, 3.05) is 6.54 Å². The first-order chi connectivity index (χ1) is 7.34. The third-order valence-electron chi connectivity index (χ3n) is 2.35. The highest BCUT2D eigenvalue weighted by atomic mass is 32.2.